The number of nitrogens with one attached hydrogen (secondary N) is 2. The molecule has 0 bridgehead atoms. The smallest absolute Gasteiger partial charge is 0.442 e. The third-order valence-corrected chi connectivity index (χ3v) is 10.1. The van der Waals surface area contributed by atoms with Crippen molar-refractivity contribution in [3.05, 3.63) is 105 Å². The lowest BCUT2D eigenvalue weighted by Gasteiger charge is -2.37. The van der Waals surface area contributed by atoms with Gasteiger partial charge in [0.25, 0.3) is 5.66 Å². The standard InChI is InChI=1S/C29H27BrF7N5O8P2.4H3N/c30-21-10-17(9-20(13-21)26(41-42-26)29(35,36)37)14-39-23(12-16-3-7-19(8-4-16)28(33,34)52(48,49)50)25(44)40-22(24(38)43)11-15-1-5-18(6-2-15)27(31,32)51(45,46)47;;;;/h1-10,13,22-23,39H,11-12,14H2,(H2,38,43)(H,40,44)(H2,45,46,47)(H2,48,49,50);4*1H3/p+1/t22-,23-;;;;/m0..../s1. The zero-order valence-corrected chi connectivity index (χ0v) is 33.2. The summed E-state index contributed by atoms with van der Waals surface area (Å²) in [4.78, 5) is 67.9. The largest absolute Gasteiger partial charge is 0.806 e. The van der Waals surface area contributed by atoms with Gasteiger partial charge in [-0.05, 0) is 41.3 Å². The van der Waals surface area contributed by atoms with Crippen LogP contribution in [0.2, 0.25) is 0 Å². The molecule has 2 amide bonds. The number of hydrogen-bond acceptors (Lipinski definition) is 10. The maximum absolute atomic E-state index is 14.1. The molecule has 1 unspecified atom stereocenters. The number of amides is 2. The fraction of sp³-hybridized carbons (Fsp3) is 0.310. The number of benzene rings is 3. The number of halogens is 8. The summed E-state index contributed by atoms with van der Waals surface area (Å²) in [5.41, 5.74) is -8.98. The Bertz CT molecular complexity index is 1960. The molecule has 17 nitrogen and oxygen atoms in total. The highest BCUT2D eigenvalue weighted by Crippen LogP contribution is 2.56. The van der Waals surface area contributed by atoms with Crippen LogP contribution in [0.15, 0.2) is 81.4 Å². The molecule has 0 fully saturated rings. The zero-order chi connectivity index (χ0) is 39.1. The number of nitrogens with zero attached hydrogens (tertiary/aromatic N) is 2. The number of alkyl halides is 7. The van der Waals surface area contributed by atoms with E-state index in [-0.39, 0.29) is 64.3 Å². The van der Waals surface area contributed by atoms with Gasteiger partial charge in [-0.2, -0.15) is 30.7 Å². The molecule has 27 heteroatoms. The van der Waals surface area contributed by atoms with Crippen molar-refractivity contribution < 1.29 is 69.0 Å². The second kappa shape index (κ2) is 18.7. The van der Waals surface area contributed by atoms with Crippen molar-refractivity contribution in [3.63, 3.8) is 0 Å². The first-order chi connectivity index (χ1) is 23.8. The number of rotatable bonds is 15. The first kappa shape index (κ1) is 52.3. The van der Waals surface area contributed by atoms with E-state index < -0.39 is 79.8 Å². The van der Waals surface area contributed by atoms with E-state index >= 15 is 0 Å². The van der Waals surface area contributed by atoms with Crippen molar-refractivity contribution in [1.82, 2.24) is 35.2 Å². The van der Waals surface area contributed by atoms with Crippen LogP contribution in [0.4, 0.5) is 30.7 Å². The first-order valence-corrected chi connectivity index (χ1v) is 18.3. The molecule has 1 heterocycles. The molecule has 0 saturated carbocycles. The fourth-order valence-corrected chi connectivity index (χ4v) is 6.35. The van der Waals surface area contributed by atoms with Crippen LogP contribution < -0.4 is 55.6 Å². The average Bonchev–Trinajstić information content (AvgIpc) is 3.85. The highest BCUT2D eigenvalue weighted by molar-refractivity contribution is 9.10. The SMILES string of the molecule is NC(=O)[C@H](Cc1ccc(C(F)(F)P(=O)([O-])[O-])cc1)NC(=O)[C@H](Cc1ccc(C(F)(F)P(=O)([O-])O)cc1)NCc1cc(Br)cc(C2(C(F)(F)F)N=N2)c1.[NH4+].[NH4+].[NH4+].[NH4+]. The van der Waals surface area contributed by atoms with Crippen LogP contribution in [0.1, 0.15) is 33.4 Å². The Kier molecular flexibility index (Phi) is 17.5. The van der Waals surface area contributed by atoms with Crippen molar-refractivity contribution in [2.24, 2.45) is 16.0 Å². The summed E-state index contributed by atoms with van der Waals surface area (Å²) >= 11 is 3.11. The van der Waals surface area contributed by atoms with Crippen molar-refractivity contribution >= 4 is 42.9 Å². The van der Waals surface area contributed by atoms with Gasteiger partial charge < -0.3 is 69.7 Å². The molecule has 0 radical (unpaired) electrons. The van der Waals surface area contributed by atoms with Crippen molar-refractivity contribution in [1.29, 1.82) is 0 Å². The predicted molar refractivity (Wildman–Crippen MR) is 188 cm³/mol. The van der Waals surface area contributed by atoms with Gasteiger partial charge in [-0.25, -0.2) is 0 Å². The maximum Gasteiger partial charge on any atom is 0.442 e. The van der Waals surface area contributed by atoms with Gasteiger partial charge in [-0.1, -0.05) is 64.5 Å². The highest BCUT2D eigenvalue weighted by atomic mass is 79.9. The lowest BCUT2D eigenvalue weighted by molar-refractivity contribution is -0.335. The quantitative estimate of drug-likeness (QED) is 0.0778. The third-order valence-electron chi connectivity index (χ3n) is 7.77. The monoisotopic (exact) mass is 916 g/mol. The van der Waals surface area contributed by atoms with Gasteiger partial charge in [-0.3, -0.25) is 9.59 Å². The van der Waals surface area contributed by atoms with E-state index in [1.807, 2.05) is 0 Å². The number of hydrogen-bond donors (Lipinski definition) is 8. The van der Waals surface area contributed by atoms with Crippen LogP contribution in [-0.4, -0.2) is 35.0 Å². The topological polar surface area (TPSA) is 378 Å². The van der Waals surface area contributed by atoms with Crippen LogP contribution in [0.25, 0.3) is 0 Å². The summed E-state index contributed by atoms with van der Waals surface area (Å²) in [7, 11) is -12.5. The van der Waals surface area contributed by atoms with E-state index in [0.29, 0.717) is 24.3 Å². The molecule has 0 aliphatic carbocycles. The van der Waals surface area contributed by atoms with Crippen LogP contribution >= 0.6 is 31.1 Å². The summed E-state index contributed by atoms with van der Waals surface area (Å²) in [6, 6.07) is 7.21. The maximum atomic E-state index is 14.1. The molecular weight excluding hydrogens is 877 g/mol. The van der Waals surface area contributed by atoms with E-state index in [1.54, 1.807) is 0 Å². The average molecular weight is 918 g/mol. The summed E-state index contributed by atoms with van der Waals surface area (Å²) in [5.74, 6) is -2.11. The Hall–Kier alpha value is -3.71. The molecule has 1 aliphatic heterocycles. The van der Waals surface area contributed by atoms with Crippen molar-refractivity contribution in [2.75, 3.05) is 0 Å². The summed E-state index contributed by atoms with van der Waals surface area (Å²) in [6.45, 7) is -0.321. The number of primary amides is 1. The van der Waals surface area contributed by atoms with E-state index in [1.165, 1.54) is 6.07 Å². The number of carbonyl (C=O) groups excluding carboxylic acids is 2. The minimum absolute atomic E-state index is 0. The molecule has 314 valence electrons. The van der Waals surface area contributed by atoms with E-state index in [4.69, 9.17) is 10.6 Å². The second-order valence-corrected chi connectivity index (χ2v) is 15.6. The molecule has 0 spiro atoms. The molecule has 21 N–H and O–H groups in total. The van der Waals surface area contributed by atoms with Crippen LogP contribution in [-0.2, 0) is 55.1 Å². The molecule has 3 atom stereocenters. The van der Waals surface area contributed by atoms with Gasteiger partial charge in [0.15, 0.2) is 0 Å². The molecule has 1 aliphatic rings. The van der Waals surface area contributed by atoms with Gasteiger partial charge in [-0.15, -0.1) is 10.2 Å². The lowest BCUT2D eigenvalue weighted by Crippen LogP contribution is -2.53. The van der Waals surface area contributed by atoms with E-state index in [9.17, 15) is 64.1 Å². The van der Waals surface area contributed by atoms with Crippen molar-refractivity contribution in [3.8, 4) is 0 Å². The summed E-state index contributed by atoms with van der Waals surface area (Å²) in [5, 5.41) is 11.4. The molecular formula is C29H40BrF7N9O8P2+. The van der Waals surface area contributed by atoms with E-state index in [0.717, 1.165) is 36.4 Å². The van der Waals surface area contributed by atoms with Crippen LogP contribution in [0.3, 0.4) is 0 Å². The lowest BCUT2D eigenvalue weighted by atomic mass is 9.99. The second-order valence-electron chi connectivity index (χ2n) is 11.5. The molecule has 3 aromatic carbocycles. The Morgan fingerprint density at radius 1 is 0.768 bits per heavy atom. The third kappa shape index (κ3) is 11.5. The van der Waals surface area contributed by atoms with Gasteiger partial charge in [0.05, 0.1) is 6.04 Å². The molecule has 0 saturated heterocycles. The van der Waals surface area contributed by atoms with Gasteiger partial charge in [0.1, 0.15) is 6.04 Å². The fourth-order valence-electron chi connectivity index (χ4n) is 4.87. The minimum Gasteiger partial charge on any atom is -0.806 e. The van der Waals surface area contributed by atoms with Crippen LogP contribution in [0, 0.1) is 0 Å². The van der Waals surface area contributed by atoms with Gasteiger partial charge in [0, 0.05) is 41.7 Å². The zero-order valence-electron chi connectivity index (χ0n) is 29.8. The Morgan fingerprint density at radius 3 is 1.61 bits per heavy atom. The predicted octanol–water partition coefficient (Wildman–Crippen LogP) is 4.61. The van der Waals surface area contributed by atoms with Crippen LogP contribution in [0.5, 0.6) is 0 Å². The Labute approximate surface area is 321 Å². The molecule has 4 rings (SSSR count). The van der Waals surface area contributed by atoms with E-state index in [2.05, 4.69) is 36.8 Å². The van der Waals surface area contributed by atoms with Crippen molar-refractivity contribution in [2.45, 2.75) is 54.6 Å². The normalized spacial score (nSPS) is 15.6. The molecule has 56 heavy (non-hydrogen) atoms. The molecule has 0 aromatic heterocycles. The highest BCUT2D eigenvalue weighted by Gasteiger charge is 2.65. The number of nitrogens with two attached hydrogens (primary N) is 1. The Morgan fingerprint density at radius 2 is 1.21 bits per heavy atom. The number of quaternary nitrogens is 4. The van der Waals surface area contributed by atoms with Gasteiger partial charge in [0.2, 0.25) is 19.4 Å². The first-order valence-electron chi connectivity index (χ1n) is 14.4. The van der Waals surface area contributed by atoms with Gasteiger partial charge >= 0.3 is 17.5 Å². The minimum atomic E-state index is -6.38. The number of carbonyl (C=O) groups is 2. The summed E-state index contributed by atoms with van der Waals surface area (Å²) < 4.78 is 119. The molecule has 3 aromatic rings. The Balaban J connectivity index is 0.00000756. The summed E-state index contributed by atoms with van der Waals surface area (Å²) in [6.07, 6.45) is -5.67.